The third kappa shape index (κ3) is 13.6. The summed E-state index contributed by atoms with van der Waals surface area (Å²) in [5, 5.41) is 0. The monoisotopic (exact) mass is 634 g/mol. The summed E-state index contributed by atoms with van der Waals surface area (Å²) in [6, 6.07) is 6.01. The quantitative estimate of drug-likeness (QED) is 0.100. The fraction of sp³-hybridized carbons (Fsp3) is 0.645. The smallest absolute Gasteiger partial charge is 0.459 e. The molecule has 0 fully saturated rings. The van der Waals surface area contributed by atoms with E-state index in [1.807, 2.05) is 40.7 Å². The number of esters is 1. The molecule has 1 heterocycles. The van der Waals surface area contributed by atoms with E-state index in [1.165, 1.54) is 17.7 Å². The molecule has 0 saturated heterocycles. The van der Waals surface area contributed by atoms with Crippen LogP contribution in [0.25, 0.3) is 0 Å². The molecule has 0 spiro atoms. The summed E-state index contributed by atoms with van der Waals surface area (Å²) in [7, 11) is -5.85. The van der Waals surface area contributed by atoms with Crippen LogP contribution >= 0.6 is 0 Å². The molecule has 1 aromatic carbocycles. The zero-order valence-electron chi connectivity index (χ0n) is 27.0. The second kappa shape index (κ2) is 18.2. The molecular formula is C31H49F3N2O6S. The van der Waals surface area contributed by atoms with Gasteiger partial charge in [0.05, 0.1) is 17.7 Å². The van der Waals surface area contributed by atoms with Gasteiger partial charge in [-0.2, -0.15) is 21.6 Å². The molecule has 0 aromatic heterocycles. The number of amides is 1. The number of hydrogen-bond acceptors (Lipinski definition) is 7. The van der Waals surface area contributed by atoms with Gasteiger partial charge in [-0.15, -0.1) is 6.58 Å². The first-order chi connectivity index (χ1) is 19.9. The molecule has 0 aliphatic carbocycles. The van der Waals surface area contributed by atoms with Crippen molar-refractivity contribution in [3.05, 3.63) is 48.0 Å². The fourth-order valence-corrected chi connectivity index (χ4v) is 4.22. The van der Waals surface area contributed by atoms with Crippen LogP contribution in [0.1, 0.15) is 110 Å². The predicted octanol–water partition coefficient (Wildman–Crippen LogP) is 7.86. The van der Waals surface area contributed by atoms with Gasteiger partial charge in [0.25, 0.3) is 5.91 Å². The lowest BCUT2D eigenvalue weighted by Gasteiger charge is -2.30. The number of hydrogen-bond donors (Lipinski definition) is 0. The van der Waals surface area contributed by atoms with Gasteiger partial charge >= 0.3 is 21.6 Å². The normalized spacial score (nSPS) is 14.4. The lowest BCUT2D eigenvalue weighted by molar-refractivity contribution is -0.125. The predicted molar refractivity (Wildman–Crippen MR) is 164 cm³/mol. The molecule has 2 rings (SSSR count). The van der Waals surface area contributed by atoms with Gasteiger partial charge in [-0.3, -0.25) is 14.0 Å². The highest BCUT2D eigenvalue weighted by Crippen LogP contribution is 2.33. The number of aliphatic imine (C=N–C) groups is 1. The lowest BCUT2D eigenvalue weighted by atomic mass is 9.86. The Balaban J connectivity index is 0.00000171. The van der Waals surface area contributed by atoms with Gasteiger partial charge < -0.3 is 9.64 Å². The average molecular weight is 635 g/mol. The third-order valence-corrected chi connectivity index (χ3v) is 7.35. The molecule has 1 aliphatic heterocycles. The van der Waals surface area contributed by atoms with E-state index in [9.17, 15) is 31.2 Å². The van der Waals surface area contributed by atoms with Crippen molar-refractivity contribution in [1.82, 2.24) is 4.90 Å². The van der Waals surface area contributed by atoms with Crippen molar-refractivity contribution in [3.8, 4) is 0 Å². The topological polar surface area (TPSA) is 102 Å². The molecule has 0 saturated carbocycles. The molecule has 12 heteroatoms. The first-order valence-corrected chi connectivity index (χ1v) is 16.0. The highest BCUT2D eigenvalue weighted by Gasteiger charge is 2.48. The van der Waals surface area contributed by atoms with Crippen LogP contribution in [0, 0.1) is 11.3 Å². The summed E-state index contributed by atoms with van der Waals surface area (Å²) in [4.78, 5) is 30.3. The largest absolute Gasteiger partial charge is 0.523 e. The molecule has 0 N–H and O–H groups in total. The summed E-state index contributed by atoms with van der Waals surface area (Å²) in [5.74, 6) is -0.446. The second-order valence-corrected chi connectivity index (χ2v) is 12.8. The lowest BCUT2D eigenvalue weighted by Crippen LogP contribution is -2.37. The van der Waals surface area contributed by atoms with Gasteiger partial charge in [-0.05, 0) is 68.6 Å². The Labute approximate surface area is 255 Å². The van der Waals surface area contributed by atoms with Gasteiger partial charge in [-0.1, -0.05) is 66.7 Å². The first-order valence-electron chi connectivity index (χ1n) is 14.6. The summed E-state index contributed by atoms with van der Waals surface area (Å²) in [6.07, 6.45) is 5.43. The molecule has 0 bridgehead atoms. The van der Waals surface area contributed by atoms with Crippen molar-refractivity contribution < 1.29 is 40.1 Å². The van der Waals surface area contributed by atoms with E-state index in [0.717, 1.165) is 5.92 Å². The van der Waals surface area contributed by atoms with Crippen LogP contribution in [0.15, 0.2) is 41.9 Å². The summed E-state index contributed by atoms with van der Waals surface area (Å²) >= 11 is 0. The number of alkyl halides is 3. The van der Waals surface area contributed by atoms with E-state index in [0.29, 0.717) is 24.0 Å². The van der Waals surface area contributed by atoms with Crippen molar-refractivity contribution >= 4 is 27.7 Å². The molecule has 1 amide bonds. The van der Waals surface area contributed by atoms with Gasteiger partial charge in [0.15, 0.2) is 0 Å². The second-order valence-electron chi connectivity index (χ2n) is 11.2. The van der Waals surface area contributed by atoms with E-state index < -0.39 is 45.9 Å². The van der Waals surface area contributed by atoms with Crippen LogP contribution in [0.5, 0.6) is 0 Å². The maximum absolute atomic E-state index is 12.9. The number of halogens is 3. The van der Waals surface area contributed by atoms with Crippen LogP contribution in [0.4, 0.5) is 13.2 Å². The standard InChI is InChI=1S/C22H29F3N2O6S.C7H14.C2H6/c1-14(2)33-20(29)16-8-6-15(7-9-16)18(10-11-21(3,4)5)27-13-26-17(19(27)28)12-32-34(30,31)22(23,24)25;1-4-7(5-2)6-3;1-2/h6-9,14,18H,10-13H2,1-5H3;4,7H,1,5-6H2,2-3H3;1-2H3. The number of carbonyl (C=O) groups is 2. The minimum absolute atomic E-state index is 0.0738. The zero-order valence-corrected chi connectivity index (χ0v) is 27.8. The Kier molecular flexibility index (Phi) is 17.0. The van der Waals surface area contributed by atoms with E-state index in [2.05, 4.69) is 29.6 Å². The average Bonchev–Trinajstić information content (AvgIpc) is 3.28. The van der Waals surface area contributed by atoms with Crippen molar-refractivity contribution in [2.24, 2.45) is 16.3 Å². The molecule has 1 aliphatic rings. The fourth-order valence-electron chi connectivity index (χ4n) is 3.82. The van der Waals surface area contributed by atoms with E-state index >= 15 is 0 Å². The van der Waals surface area contributed by atoms with Gasteiger partial charge in [-0.25, -0.2) is 4.79 Å². The van der Waals surface area contributed by atoms with Crippen molar-refractivity contribution in [2.45, 2.75) is 106 Å². The third-order valence-electron chi connectivity index (χ3n) is 6.36. The van der Waals surface area contributed by atoms with Gasteiger partial charge in [0, 0.05) is 0 Å². The molecule has 1 aromatic rings. The minimum Gasteiger partial charge on any atom is -0.459 e. The van der Waals surface area contributed by atoms with Crippen LogP contribution in [-0.4, -0.2) is 55.8 Å². The van der Waals surface area contributed by atoms with Crippen LogP contribution < -0.4 is 0 Å². The number of nitrogens with zero attached hydrogens (tertiary/aromatic N) is 2. The molecule has 0 radical (unpaired) electrons. The summed E-state index contributed by atoms with van der Waals surface area (Å²) < 4.78 is 69.0. The minimum atomic E-state index is -5.85. The summed E-state index contributed by atoms with van der Waals surface area (Å²) in [5.41, 5.74) is -5.05. The molecule has 1 atom stereocenters. The SMILES string of the molecule is C=CC(CC)CC.CC.CC(C)OC(=O)c1ccc(C(CCC(C)(C)C)N2CN=C(COS(=O)(=O)C(F)(F)F)C2=O)cc1. The number of ether oxygens (including phenoxy) is 1. The Morgan fingerprint density at radius 1 is 1.09 bits per heavy atom. The van der Waals surface area contributed by atoms with Crippen molar-refractivity contribution in [2.75, 3.05) is 13.3 Å². The van der Waals surface area contributed by atoms with Crippen LogP contribution in [0.3, 0.4) is 0 Å². The Morgan fingerprint density at radius 2 is 1.63 bits per heavy atom. The summed E-state index contributed by atoms with van der Waals surface area (Å²) in [6.45, 7) is 20.4. The number of carbonyl (C=O) groups excluding carboxylic acids is 2. The van der Waals surface area contributed by atoms with Crippen molar-refractivity contribution in [3.63, 3.8) is 0 Å². The Morgan fingerprint density at radius 3 is 2.02 bits per heavy atom. The first kappa shape index (κ1) is 40.3. The zero-order chi connectivity index (χ0) is 33.6. The number of allylic oxidation sites excluding steroid dienone is 1. The molecule has 8 nitrogen and oxygen atoms in total. The van der Waals surface area contributed by atoms with E-state index in [1.54, 1.807) is 38.1 Å². The Hall–Kier alpha value is -2.73. The van der Waals surface area contributed by atoms with Gasteiger partial charge in [0.2, 0.25) is 0 Å². The van der Waals surface area contributed by atoms with Crippen LogP contribution in [0.2, 0.25) is 0 Å². The van der Waals surface area contributed by atoms with Crippen molar-refractivity contribution in [1.29, 1.82) is 0 Å². The highest BCUT2D eigenvalue weighted by molar-refractivity contribution is 7.87. The number of benzene rings is 1. The highest BCUT2D eigenvalue weighted by atomic mass is 32.2. The molecule has 43 heavy (non-hydrogen) atoms. The maximum atomic E-state index is 12.9. The molecule has 1 unspecified atom stereocenters. The van der Waals surface area contributed by atoms with Gasteiger partial charge in [0.1, 0.15) is 19.0 Å². The molecular weight excluding hydrogens is 585 g/mol. The Bertz CT molecular complexity index is 1150. The number of rotatable bonds is 12. The van der Waals surface area contributed by atoms with E-state index in [-0.39, 0.29) is 18.2 Å². The molecule has 246 valence electrons. The maximum Gasteiger partial charge on any atom is 0.523 e. The van der Waals surface area contributed by atoms with E-state index in [4.69, 9.17) is 4.74 Å². The van der Waals surface area contributed by atoms with Crippen LogP contribution in [-0.2, 0) is 23.8 Å².